The van der Waals surface area contributed by atoms with E-state index in [2.05, 4.69) is 11.8 Å². The highest BCUT2D eigenvalue weighted by Gasteiger charge is 1.95. The number of hydrogen-bond acceptors (Lipinski definition) is 1. The van der Waals surface area contributed by atoms with Crippen molar-refractivity contribution in [1.29, 1.82) is 0 Å². The second kappa shape index (κ2) is 3.09. The van der Waals surface area contributed by atoms with Gasteiger partial charge in [0, 0.05) is 6.42 Å². The van der Waals surface area contributed by atoms with Gasteiger partial charge in [-0.2, -0.15) is 0 Å². The Hall–Kier alpha value is -1.03. The van der Waals surface area contributed by atoms with Crippen LogP contribution < -0.4 is 0 Å². The first kappa shape index (κ1) is 6.10. The molecule has 0 unspecified atom stereocenters. The number of carbonyl (C=O) groups is 1. The van der Waals surface area contributed by atoms with Gasteiger partial charge in [0.2, 0.25) is 5.78 Å². The monoisotopic (exact) mass is 120 g/mol. The third kappa shape index (κ3) is 2.14. The summed E-state index contributed by atoms with van der Waals surface area (Å²) in [7, 11) is 0. The van der Waals surface area contributed by atoms with Crippen LogP contribution >= 0.6 is 0 Å². The van der Waals surface area contributed by atoms with Crippen LogP contribution in [0.5, 0.6) is 0 Å². The summed E-state index contributed by atoms with van der Waals surface area (Å²) in [6.07, 6.45) is 6.30. The summed E-state index contributed by atoms with van der Waals surface area (Å²) in [5.41, 5.74) is 0. The number of carbonyl (C=O) groups excluding carboxylic acids is 1. The molecule has 0 aromatic rings. The summed E-state index contributed by atoms with van der Waals surface area (Å²) in [5.74, 6) is 5.23. The number of ketones is 1. The number of allylic oxidation sites excluding steroid dienone is 2. The summed E-state index contributed by atoms with van der Waals surface area (Å²) >= 11 is 0. The summed E-state index contributed by atoms with van der Waals surface area (Å²) < 4.78 is 0. The van der Waals surface area contributed by atoms with Gasteiger partial charge in [0.05, 0.1) is 0 Å². The van der Waals surface area contributed by atoms with Crippen LogP contribution in [0.4, 0.5) is 0 Å². The van der Waals surface area contributed by atoms with Crippen molar-refractivity contribution in [3.8, 4) is 11.8 Å². The maximum atomic E-state index is 10.6. The van der Waals surface area contributed by atoms with E-state index >= 15 is 0 Å². The summed E-state index contributed by atoms with van der Waals surface area (Å²) in [6.45, 7) is 0. The lowest BCUT2D eigenvalue weighted by Gasteiger charge is -1.91. The molecule has 0 aromatic carbocycles. The average Bonchev–Trinajstić information content (AvgIpc) is 1.79. The fraction of sp³-hybridized carbons (Fsp3) is 0.375. The van der Waals surface area contributed by atoms with Crippen molar-refractivity contribution >= 4 is 5.78 Å². The van der Waals surface area contributed by atoms with Crippen molar-refractivity contribution in [2.75, 3.05) is 0 Å². The van der Waals surface area contributed by atoms with Crippen molar-refractivity contribution < 1.29 is 4.79 Å². The molecular formula is C8H8O. The zero-order valence-corrected chi connectivity index (χ0v) is 5.18. The molecule has 0 aliphatic heterocycles. The molecule has 0 saturated heterocycles. The molecule has 0 fully saturated rings. The Bertz CT molecular complexity index is 190. The molecule has 1 heteroatoms. The van der Waals surface area contributed by atoms with Crippen LogP contribution in [0, 0.1) is 11.8 Å². The average molecular weight is 120 g/mol. The van der Waals surface area contributed by atoms with Gasteiger partial charge in [0.15, 0.2) is 0 Å². The molecule has 1 aliphatic carbocycles. The molecular weight excluding hydrogens is 112 g/mol. The molecule has 1 nitrogen and oxygen atoms in total. The fourth-order valence-electron chi connectivity index (χ4n) is 0.707. The van der Waals surface area contributed by atoms with Crippen LogP contribution in [-0.4, -0.2) is 5.78 Å². The van der Waals surface area contributed by atoms with E-state index in [0.29, 0.717) is 6.42 Å². The molecule has 9 heavy (non-hydrogen) atoms. The van der Waals surface area contributed by atoms with Gasteiger partial charge < -0.3 is 0 Å². The van der Waals surface area contributed by atoms with Crippen molar-refractivity contribution in [1.82, 2.24) is 0 Å². The van der Waals surface area contributed by atoms with Gasteiger partial charge in [-0.15, -0.1) is 0 Å². The van der Waals surface area contributed by atoms with Crippen LogP contribution in [0.1, 0.15) is 19.3 Å². The lowest BCUT2D eigenvalue weighted by Crippen LogP contribution is -1.92. The molecule has 0 bridgehead atoms. The van der Waals surface area contributed by atoms with Gasteiger partial charge in [-0.25, -0.2) is 0 Å². The van der Waals surface area contributed by atoms with Gasteiger partial charge in [0.25, 0.3) is 0 Å². The Labute approximate surface area is 54.8 Å². The standard InChI is InChI=1S/C8H8O/c9-8-6-4-2-1-3-5-7-8/h1-2H,3,5,7H2. The molecule has 0 radical (unpaired) electrons. The van der Waals surface area contributed by atoms with Crippen molar-refractivity contribution in [2.45, 2.75) is 19.3 Å². The Balaban J connectivity index is 2.62. The quantitative estimate of drug-likeness (QED) is 0.348. The number of hydrogen-bond donors (Lipinski definition) is 0. The summed E-state index contributed by atoms with van der Waals surface area (Å²) in [6, 6.07) is 0. The molecule has 0 N–H and O–H groups in total. The summed E-state index contributed by atoms with van der Waals surface area (Å²) in [4.78, 5) is 10.6. The lowest BCUT2D eigenvalue weighted by molar-refractivity contribution is -0.113. The second-order valence-corrected chi connectivity index (χ2v) is 1.99. The van der Waals surface area contributed by atoms with E-state index in [-0.39, 0.29) is 5.78 Å². The fourth-order valence-corrected chi connectivity index (χ4v) is 0.707. The van der Waals surface area contributed by atoms with Crippen molar-refractivity contribution in [3.05, 3.63) is 12.2 Å². The zero-order valence-electron chi connectivity index (χ0n) is 5.18. The molecule has 1 rings (SSSR count). The molecule has 1 aliphatic rings. The van der Waals surface area contributed by atoms with E-state index in [1.54, 1.807) is 6.08 Å². The van der Waals surface area contributed by atoms with Gasteiger partial charge in [-0.1, -0.05) is 12.0 Å². The van der Waals surface area contributed by atoms with E-state index in [9.17, 15) is 4.79 Å². The first-order chi connectivity index (χ1) is 4.39. The molecule has 0 saturated carbocycles. The Morgan fingerprint density at radius 1 is 1.56 bits per heavy atom. The Morgan fingerprint density at radius 3 is 3.33 bits per heavy atom. The van der Waals surface area contributed by atoms with Gasteiger partial charge >= 0.3 is 0 Å². The van der Waals surface area contributed by atoms with Gasteiger partial charge in [-0.05, 0) is 24.8 Å². The van der Waals surface area contributed by atoms with Crippen LogP contribution in [0.2, 0.25) is 0 Å². The van der Waals surface area contributed by atoms with Crippen LogP contribution in [0.15, 0.2) is 12.2 Å². The van der Waals surface area contributed by atoms with Crippen LogP contribution in [0.3, 0.4) is 0 Å². The topological polar surface area (TPSA) is 17.1 Å². The van der Waals surface area contributed by atoms with E-state index in [4.69, 9.17) is 0 Å². The van der Waals surface area contributed by atoms with Crippen molar-refractivity contribution in [3.63, 3.8) is 0 Å². The molecule has 46 valence electrons. The molecule has 0 spiro atoms. The maximum Gasteiger partial charge on any atom is 0.205 e. The molecule has 0 atom stereocenters. The van der Waals surface area contributed by atoms with Gasteiger partial charge in [0.1, 0.15) is 0 Å². The SMILES string of the molecule is O=C1C#CC=CCCC1. The first-order valence-corrected chi connectivity index (χ1v) is 3.09. The van der Waals surface area contributed by atoms with Gasteiger partial charge in [-0.3, -0.25) is 4.79 Å². The lowest BCUT2D eigenvalue weighted by atomic mass is 10.1. The summed E-state index contributed by atoms with van der Waals surface area (Å²) in [5, 5.41) is 0. The molecule has 0 heterocycles. The number of rotatable bonds is 0. The van der Waals surface area contributed by atoms with E-state index in [1.807, 2.05) is 6.08 Å². The molecule has 0 amide bonds. The second-order valence-electron chi connectivity index (χ2n) is 1.99. The predicted octanol–water partition coefficient (Wildman–Crippen LogP) is 1.30. The minimum absolute atomic E-state index is 0.0688. The van der Waals surface area contributed by atoms with Crippen LogP contribution in [-0.2, 0) is 4.79 Å². The molecule has 0 aromatic heterocycles. The Morgan fingerprint density at radius 2 is 2.44 bits per heavy atom. The van der Waals surface area contributed by atoms with E-state index in [1.165, 1.54) is 0 Å². The first-order valence-electron chi connectivity index (χ1n) is 3.09. The minimum atomic E-state index is 0.0688. The number of Topliss-reactive ketones (excluding diaryl/α,β-unsaturated/α-hetero) is 1. The normalized spacial score (nSPS) is 17.6. The predicted molar refractivity (Wildman–Crippen MR) is 35.8 cm³/mol. The minimum Gasteiger partial charge on any atom is -0.285 e. The third-order valence-electron chi connectivity index (χ3n) is 1.19. The van der Waals surface area contributed by atoms with E-state index in [0.717, 1.165) is 12.8 Å². The zero-order chi connectivity index (χ0) is 6.53. The smallest absolute Gasteiger partial charge is 0.205 e. The highest BCUT2D eigenvalue weighted by molar-refractivity contribution is 5.95. The van der Waals surface area contributed by atoms with Crippen LogP contribution in [0.25, 0.3) is 0 Å². The highest BCUT2D eigenvalue weighted by Crippen LogP contribution is 1.98. The highest BCUT2D eigenvalue weighted by atomic mass is 16.1. The van der Waals surface area contributed by atoms with Crippen molar-refractivity contribution in [2.24, 2.45) is 0 Å². The third-order valence-corrected chi connectivity index (χ3v) is 1.19. The maximum absolute atomic E-state index is 10.6. The van der Waals surface area contributed by atoms with E-state index < -0.39 is 0 Å². The Kier molecular flexibility index (Phi) is 2.09. The largest absolute Gasteiger partial charge is 0.285 e.